The van der Waals surface area contributed by atoms with Crippen LogP contribution in [0, 0.1) is 0 Å². The molecule has 0 atom stereocenters. The molecule has 6 rings (SSSR count). The zero-order valence-electron chi connectivity index (χ0n) is 20.1. The summed E-state index contributed by atoms with van der Waals surface area (Å²) in [7, 11) is 0. The van der Waals surface area contributed by atoms with E-state index in [4.69, 9.17) is 16.6 Å². The van der Waals surface area contributed by atoms with E-state index >= 15 is 0 Å². The van der Waals surface area contributed by atoms with Gasteiger partial charge < -0.3 is 10.2 Å². The van der Waals surface area contributed by atoms with Gasteiger partial charge in [0, 0.05) is 35.8 Å². The number of hydrogen-bond donors (Lipinski definition) is 1. The van der Waals surface area contributed by atoms with Gasteiger partial charge in [-0.2, -0.15) is 9.61 Å². The first-order valence-corrected chi connectivity index (χ1v) is 13.5. The Labute approximate surface area is 228 Å². The first-order valence-electron chi connectivity index (χ1n) is 12.4. The maximum atomic E-state index is 13.2. The van der Waals surface area contributed by atoms with Crippen molar-refractivity contribution in [3.63, 3.8) is 0 Å². The van der Waals surface area contributed by atoms with Crippen molar-refractivity contribution < 1.29 is 4.79 Å². The lowest BCUT2D eigenvalue weighted by Gasteiger charge is -2.33. The number of likely N-dealkylation sites (tertiary alicyclic amines) is 1. The number of carbonyl (C=O) groups excluding carboxylic acids is 1. The third-order valence-electron chi connectivity index (χ3n) is 7.00. The molecule has 1 aliphatic heterocycles. The Kier molecular flexibility index (Phi) is 6.57. The van der Waals surface area contributed by atoms with Gasteiger partial charge in [0.15, 0.2) is 5.65 Å². The molecule has 0 bridgehead atoms. The average molecular weight is 575 g/mol. The minimum Gasteiger partial charge on any atom is -0.367 e. The van der Waals surface area contributed by atoms with Gasteiger partial charge in [-0.1, -0.05) is 72.3 Å². The van der Waals surface area contributed by atoms with Gasteiger partial charge in [-0.25, -0.2) is 4.98 Å². The number of aromatic nitrogens is 3. The van der Waals surface area contributed by atoms with Crippen molar-refractivity contribution in [2.45, 2.75) is 25.3 Å². The molecule has 0 unspecified atom stereocenters. The van der Waals surface area contributed by atoms with E-state index in [1.807, 2.05) is 57.9 Å². The fraction of sp³-hybridized carbons (Fsp3) is 0.207. The normalized spacial score (nSPS) is 14.4. The Morgan fingerprint density at radius 1 is 1.03 bits per heavy atom. The molecule has 1 fully saturated rings. The van der Waals surface area contributed by atoms with Gasteiger partial charge >= 0.3 is 0 Å². The van der Waals surface area contributed by atoms with Crippen LogP contribution < -0.4 is 5.32 Å². The average Bonchev–Trinajstić information content (AvgIpc) is 3.30. The summed E-state index contributed by atoms with van der Waals surface area (Å²) in [6, 6.07) is 24.3. The van der Waals surface area contributed by atoms with E-state index in [0.29, 0.717) is 11.4 Å². The van der Waals surface area contributed by atoms with Gasteiger partial charge in [0.25, 0.3) is 0 Å². The number of carbonyl (C=O) groups is 1. The third kappa shape index (κ3) is 4.81. The molecule has 2 aromatic heterocycles. The van der Waals surface area contributed by atoms with Gasteiger partial charge in [-0.05, 0) is 51.2 Å². The van der Waals surface area contributed by atoms with E-state index in [0.717, 1.165) is 64.1 Å². The van der Waals surface area contributed by atoms with Gasteiger partial charge in [0.05, 0.1) is 22.8 Å². The summed E-state index contributed by atoms with van der Waals surface area (Å²) in [5, 5.41) is 11.1. The quantitative estimate of drug-likeness (QED) is 0.257. The third-order valence-corrected chi connectivity index (χ3v) is 7.89. The minimum atomic E-state index is 0.179. The number of nitrogens with zero attached hydrogens (tertiary/aromatic N) is 4. The highest BCUT2D eigenvalue weighted by Crippen LogP contribution is 2.31. The summed E-state index contributed by atoms with van der Waals surface area (Å²) in [5.41, 5.74) is 3.46. The van der Waals surface area contributed by atoms with Crippen molar-refractivity contribution in [3.8, 4) is 11.3 Å². The predicted octanol–water partition coefficient (Wildman–Crippen LogP) is 6.61. The fourth-order valence-corrected chi connectivity index (χ4v) is 5.63. The van der Waals surface area contributed by atoms with Gasteiger partial charge in [0.1, 0.15) is 5.82 Å². The summed E-state index contributed by atoms with van der Waals surface area (Å²) in [4.78, 5) is 19.9. The summed E-state index contributed by atoms with van der Waals surface area (Å²) < 4.78 is 2.63. The molecule has 1 aliphatic rings. The Bertz CT molecular complexity index is 1600. The van der Waals surface area contributed by atoms with Crippen molar-refractivity contribution >= 4 is 55.7 Å². The zero-order chi connectivity index (χ0) is 25.4. The lowest BCUT2D eigenvalue weighted by molar-refractivity contribution is -0.131. The maximum absolute atomic E-state index is 13.2. The second-order valence-electron chi connectivity index (χ2n) is 9.35. The molecule has 5 aromatic rings. The van der Waals surface area contributed by atoms with Crippen molar-refractivity contribution in [3.05, 3.63) is 94.1 Å². The monoisotopic (exact) mass is 573 g/mol. The molecule has 186 valence electrons. The van der Waals surface area contributed by atoms with E-state index in [2.05, 4.69) is 50.6 Å². The smallest absolute Gasteiger partial charge is 0.227 e. The van der Waals surface area contributed by atoms with Gasteiger partial charge in [-0.3, -0.25) is 4.79 Å². The molecule has 0 spiro atoms. The van der Waals surface area contributed by atoms with Gasteiger partial charge in [-0.15, -0.1) is 0 Å². The number of hydrogen-bond acceptors (Lipinski definition) is 4. The molecular weight excluding hydrogens is 550 g/mol. The molecule has 37 heavy (non-hydrogen) atoms. The molecule has 1 saturated heterocycles. The second kappa shape index (κ2) is 10.1. The van der Waals surface area contributed by atoms with Crippen LogP contribution in [0.2, 0.25) is 5.02 Å². The van der Waals surface area contributed by atoms with Crippen LogP contribution in [-0.2, 0) is 11.2 Å². The number of rotatable bonds is 5. The maximum Gasteiger partial charge on any atom is 0.227 e. The van der Waals surface area contributed by atoms with Crippen LogP contribution in [0.25, 0.3) is 27.7 Å². The van der Waals surface area contributed by atoms with Crippen molar-refractivity contribution in [1.29, 1.82) is 0 Å². The molecule has 8 heteroatoms. The Morgan fingerprint density at radius 2 is 1.78 bits per heavy atom. The van der Waals surface area contributed by atoms with E-state index in [1.165, 1.54) is 5.39 Å². The van der Waals surface area contributed by atoms with Crippen LogP contribution in [0.4, 0.5) is 5.82 Å². The number of anilines is 1. The predicted molar refractivity (Wildman–Crippen MR) is 152 cm³/mol. The number of piperidine rings is 1. The molecule has 0 aliphatic carbocycles. The highest BCUT2D eigenvalue weighted by Gasteiger charge is 2.24. The molecular formula is C29H25BrClN5O. The standard InChI is InChI=1S/C29H25BrClN5O/c30-24-18-32-36-27(17-26(34-29(24)36)23-10-3-4-11-25(23)31)33-21-12-14-35(15-13-21)28(37)16-20-8-5-7-19-6-1-2-9-22(19)20/h1-11,17-18,21,33H,12-16H2. The number of benzene rings is 3. The van der Waals surface area contributed by atoms with Gasteiger partial charge in [0.2, 0.25) is 5.91 Å². The van der Waals surface area contributed by atoms with Crippen molar-refractivity contribution in [2.75, 3.05) is 18.4 Å². The molecule has 1 amide bonds. The highest BCUT2D eigenvalue weighted by molar-refractivity contribution is 9.10. The minimum absolute atomic E-state index is 0.179. The summed E-state index contributed by atoms with van der Waals surface area (Å²) in [6.07, 6.45) is 3.88. The lowest BCUT2D eigenvalue weighted by atomic mass is 10.00. The van der Waals surface area contributed by atoms with Crippen LogP contribution in [0.5, 0.6) is 0 Å². The van der Waals surface area contributed by atoms with Crippen molar-refractivity contribution in [1.82, 2.24) is 19.5 Å². The van der Waals surface area contributed by atoms with E-state index < -0.39 is 0 Å². The first-order chi connectivity index (χ1) is 18.1. The fourth-order valence-electron chi connectivity index (χ4n) is 5.05. The van der Waals surface area contributed by atoms with E-state index in [1.54, 1.807) is 6.20 Å². The Morgan fingerprint density at radius 3 is 2.62 bits per heavy atom. The second-order valence-corrected chi connectivity index (χ2v) is 10.6. The largest absolute Gasteiger partial charge is 0.367 e. The topological polar surface area (TPSA) is 62.5 Å². The van der Waals surface area contributed by atoms with Crippen LogP contribution in [-0.4, -0.2) is 44.5 Å². The molecule has 1 N–H and O–H groups in total. The van der Waals surface area contributed by atoms with Crippen LogP contribution in [0.15, 0.2) is 83.5 Å². The highest BCUT2D eigenvalue weighted by atomic mass is 79.9. The number of nitrogens with one attached hydrogen (secondary N) is 1. The van der Waals surface area contributed by atoms with Crippen LogP contribution in [0.3, 0.4) is 0 Å². The Balaban J connectivity index is 1.17. The van der Waals surface area contributed by atoms with E-state index in [9.17, 15) is 4.79 Å². The number of amides is 1. The van der Waals surface area contributed by atoms with E-state index in [-0.39, 0.29) is 11.9 Å². The summed E-state index contributed by atoms with van der Waals surface area (Å²) in [6.45, 7) is 1.44. The lowest BCUT2D eigenvalue weighted by Crippen LogP contribution is -2.43. The first kappa shape index (κ1) is 23.9. The molecule has 3 heterocycles. The molecule has 0 saturated carbocycles. The van der Waals surface area contributed by atoms with Crippen LogP contribution >= 0.6 is 27.5 Å². The van der Waals surface area contributed by atoms with Crippen LogP contribution in [0.1, 0.15) is 18.4 Å². The summed E-state index contributed by atoms with van der Waals surface area (Å²) >= 11 is 10.0. The van der Waals surface area contributed by atoms with Crippen molar-refractivity contribution in [2.24, 2.45) is 0 Å². The SMILES string of the molecule is O=C(Cc1cccc2ccccc12)N1CCC(Nc2cc(-c3ccccc3Cl)nc3c(Br)cnn23)CC1. The molecule has 0 radical (unpaired) electrons. The summed E-state index contributed by atoms with van der Waals surface area (Å²) in [5.74, 6) is 1.03. The number of fused-ring (bicyclic) bond motifs is 2. The Hall–Kier alpha value is -3.42. The molecule has 3 aromatic carbocycles. The molecule has 6 nitrogen and oxygen atoms in total. The number of halogens is 2. The zero-order valence-corrected chi connectivity index (χ0v) is 22.4.